The highest BCUT2D eigenvalue weighted by Gasteiger charge is 2.31. The van der Waals surface area contributed by atoms with Crippen LogP contribution in [0.5, 0.6) is 0 Å². The predicted molar refractivity (Wildman–Crippen MR) is 126 cm³/mol. The van der Waals surface area contributed by atoms with Gasteiger partial charge in [0.2, 0.25) is 21.8 Å². The molecule has 0 spiro atoms. The van der Waals surface area contributed by atoms with Crippen molar-refractivity contribution in [1.82, 2.24) is 10.2 Å². The zero-order valence-electron chi connectivity index (χ0n) is 18.1. The molecule has 31 heavy (non-hydrogen) atoms. The van der Waals surface area contributed by atoms with Gasteiger partial charge in [0.15, 0.2) is 0 Å². The van der Waals surface area contributed by atoms with Crippen molar-refractivity contribution in [1.29, 1.82) is 0 Å². The Labute approximate surface area is 192 Å². The normalized spacial score (nSPS) is 12.2. The minimum atomic E-state index is -3.74. The van der Waals surface area contributed by atoms with Crippen molar-refractivity contribution in [3.05, 3.63) is 64.1 Å². The predicted octanol–water partition coefficient (Wildman–Crippen LogP) is 3.08. The lowest BCUT2D eigenvalue weighted by atomic mass is 10.1. The van der Waals surface area contributed by atoms with Gasteiger partial charge in [0.1, 0.15) is 12.6 Å². The number of rotatable bonds is 9. The SMILES string of the molecule is CC[C@@H](C(=O)NC)N(Cc1ccccc1)C(=O)CN(c1ccc(Br)c(C)c1)S(C)(=O)=O. The highest BCUT2D eigenvalue weighted by Crippen LogP contribution is 2.25. The van der Waals surface area contributed by atoms with E-state index in [1.807, 2.05) is 44.2 Å². The fourth-order valence-electron chi connectivity index (χ4n) is 3.26. The Hall–Kier alpha value is -2.39. The maximum atomic E-state index is 13.4. The van der Waals surface area contributed by atoms with Crippen LogP contribution >= 0.6 is 15.9 Å². The van der Waals surface area contributed by atoms with Crippen molar-refractivity contribution in [2.75, 3.05) is 24.2 Å². The smallest absolute Gasteiger partial charge is 0.244 e. The summed E-state index contributed by atoms with van der Waals surface area (Å²) < 4.78 is 27.0. The Morgan fingerprint density at radius 2 is 1.77 bits per heavy atom. The molecule has 0 aliphatic heterocycles. The van der Waals surface area contributed by atoms with Gasteiger partial charge in [0.25, 0.3) is 0 Å². The van der Waals surface area contributed by atoms with Crippen LogP contribution in [0.15, 0.2) is 53.0 Å². The summed E-state index contributed by atoms with van der Waals surface area (Å²) in [5.74, 6) is -0.748. The second kappa shape index (κ2) is 10.8. The number of carbonyl (C=O) groups excluding carboxylic acids is 2. The van der Waals surface area contributed by atoms with Crippen LogP contribution in [-0.2, 0) is 26.2 Å². The van der Waals surface area contributed by atoms with Crippen molar-refractivity contribution in [3.63, 3.8) is 0 Å². The first-order chi connectivity index (χ1) is 14.6. The molecule has 7 nitrogen and oxygen atoms in total. The lowest BCUT2D eigenvalue weighted by Gasteiger charge is -2.32. The quantitative estimate of drug-likeness (QED) is 0.562. The van der Waals surface area contributed by atoms with E-state index in [0.717, 1.165) is 26.2 Å². The number of nitrogens with zero attached hydrogens (tertiary/aromatic N) is 2. The molecule has 1 atom stereocenters. The van der Waals surface area contributed by atoms with Crippen molar-refractivity contribution in [2.24, 2.45) is 0 Å². The third-order valence-electron chi connectivity index (χ3n) is 4.94. The Kier molecular flexibility index (Phi) is 8.64. The fourth-order valence-corrected chi connectivity index (χ4v) is 4.35. The molecule has 0 saturated heterocycles. The summed E-state index contributed by atoms with van der Waals surface area (Å²) in [6.45, 7) is 3.46. The number of halogens is 1. The minimum absolute atomic E-state index is 0.197. The molecular formula is C22H28BrN3O4S. The molecular weight excluding hydrogens is 482 g/mol. The van der Waals surface area contributed by atoms with Crippen molar-refractivity contribution < 1.29 is 18.0 Å². The Morgan fingerprint density at radius 1 is 1.13 bits per heavy atom. The molecule has 168 valence electrons. The number of likely N-dealkylation sites (N-methyl/N-ethyl adjacent to an activating group) is 1. The van der Waals surface area contributed by atoms with E-state index in [0.29, 0.717) is 12.1 Å². The molecule has 1 N–H and O–H groups in total. The first-order valence-corrected chi connectivity index (χ1v) is 12.5. The molecule has 2 rings (SSSR count). The summed E-state index contributed by atoms with van der Waals surface area (Å²) in [6.07, 6.45) is 1.46. The molecule has 0 aliphatic rings. The Balaban J connectivity index is 2.42. The first kappa shape index (κ1) is 24.9. The first-order valence-electron chi connectivity index (χ1n) is 9.87. The zero-order valence-corrected chi connectivity index (χ0v) is 20.5. The molecule has 0 fully saturated rings. The summed E-state index contributed by atoms with van der Waals surface area (Å²) in [4.78, 5) is 27.3. The van der Waals surface area contributed by atoms with E-state index in [1.165, 1.54) is 11.9 Å². The van der Waals surface area contributed by atoms with Crippen molar-refractivity contribution >= 4 is 43.5 Å². The van der Waals surface area contributed by atoms with Crippen LogP contribution in [0.25, 0.3) is 0 Å². The summed E-state index contributed by atoms with van der Waals surface area (Å²) in [6, 6.07) is 13.7. The maximum Gasteiger partial charge on any atom is 0.244 e. The number of anilines is 1. The van der Waals surface area contributed by atoms with Crippen molar-refractivity contribution in [3.8, 4) is 0 Å². The molecule has 9 heteroatoms. The highest BCUT2D eigenvalue weighted by molar-refractivity contribution is 9.10. The van der Waals surface area contributed by atoms with Gasteiger partial charge in [-0.15, -0.1) is 0 Å². The van der Waals surface area contributed by atoms with E-state index in [4.69, 9.17) is 0 Å². The van der Waals surface area contributed by atoms with Crippen LogP contribution in [-0.4, -0.2) is 51.0 Å². The number of carbonyl (C=O) groups is 2. The van der Waals surface area contributed by atoms with Gasteiger partial charge in [-0.05, 0) is 42.7 Å². The lowest BCUT2D eigenvalue weighted by Crippen LogP contribution is -2.51. The third-order valence-corrected chi connectivity index (χ3v) is 6.97. The average molecular weight is 510 g/mol. The number of sulfonamides is 1. The van der Waals surface area contributed by atoms with Gasteiger partial charge in [-0.2, -0.15) is 0 Å². The molecule has 0 unspecified atom stereocenters. The largest absolute Gasteiger partial charge is 0.357 e. The van der Waals surface area contributed by atoms with Crippen molar-refractivity contribution in [2.45, 2.75) is 32.9 Å². The molecule has 0 bridgehead atoms. The van der Waals surface area contributed by atoms with E-state index < -0.39 is 28.5 Å². The number of aryl methyl sites for hydroxylation is 1. The minimum Gasteiger partial charge on any atom is -0.357 e. The van der Waals surface area contributed by atoms with E-state index in [1.54, 1.807) is 18.2 Å². The number of hydrogen-bond acceptors (Lipinski definition) is 4. The highest BCUT2D eigenvalue weighted by atomic mass is 79.9. The lowest BCUT2D eigenvalue weighted by molar-refractivity contribution is -0.140. The van der Waals surface area contributed by atoms with E-state index in [2.05, 4.69) is 21.2 Å². The van der Waals surface area contributed by atoms with Gasteiger partial charge >= 0.3 is 0 Å². The third kappa shape index (κ3) is 6.54. The molecule has 0 heterocycles. The second-order valence-corrected chi connectivity index (χ2v) is 10.0. The van der Waals surface area contributed by atoms with E-state index in [-0.39, 0.29) is 12.5 Å². The average Bonchev–Trinajstić information content (AvgIpc) is 2.73. The van der Waals surface area contributed by atoms with E-state index >= 15 is 0 Å². The van der Waals surface area contributed by atoms with Gasteiger partial charge in [0.05, 0.1) is 11.9 Å². The van der Waals surface area contributed by atoms with Gasteiger partial charge in [-0.1, -0.05) is 53.2 Å². The molecule has 2 aromatic rings. The maximum absolute atomic E-state index is 13.4. The number of nitrogens with one attached hydrogen (secondary N) is 1. The number of benzene rings is 2. The fraction of sp³-hybridized carbons (Fsp3) is 0.364. The molecule has 0 saturated carbocycles. The monoisotopic (exact) mass is 509 g/mol. The Morgan fingerprint density at radius 3 is 2.29 bits per heavy atom. The number of amides is 2. The van der Waals surface area contributed by atoms with Gasteiger partial charge in [0, 0.05) is 18.1 Å². The van der Waals surface area contributed by atoms with Gasteiger partial charge in [-0.3, -0.25) is 13.9 Å². The molecule has 0 aromatic heterocycles. The molecule has 2 aromatic carbocycles. The Bertz CT molecular complexity index is 1030. The van der Waals surface area contributed by atoms with Crippen LogP contribution in [0.2, 0.25) is 0 Å². The summed E-state index contributed by atoms with van der Waals surface area (Å²) in [7, 11) is -2.22. The number of hydrogen-bond donors (Lipinski definition) is 1. The molecule has 2 amide bonds. The summed E-state index contributed by atoms with van der Waals surface area (Å²) in [5.41, 5.74) is 2.09. The van der Waals surface area contributed by atoms with Crippen LogP contribution in [0, 0.1) is 6.92 Å². The van der Waals surface area contributed by atoms with Crippen LogP contribution in [0.3, 0.4) is 0 Å². The van der Waals surface area contributed by atoms with E-state index in [9.17, 15) is 18.0 Å². The van der Waals surface area contributed by atoms with Crippen LogP contribution < -0.4 is 9.62 Å². The van der Waals surface area contributed by atoms with Gasteiger partial charge in [-0.25, -0.2) is 8.42 Å². The summed E-state index contributed by atoms with van der Waals surface area (Å²) in [5, 5.41) is 2.60. The topological polar surface area (TPSA) is 86.8 Å². The standard InChI is InChI=1S/C22H28BrN3O4S/c1-5-20(22(28)24-3)25(14-17-9-7-6-8-10-17)21(27)15-26(31(4,29)30)18-11-12-19(23)16(2)13-18/h6-13,20H,5,14-15H2,1-4H3,(H,24,28)/t20-/m0/s1. The second-order valence-electron chi connectivity index (χ2n) is 7.25. The summed E-state index contributed by atoms with van der Waals surface area (Å²) >= 11 is 3.40. The van der Waals surface area contributed by atoms with Crippen LogP contribution in [0.1, 0.15) is 24.5 Å². The molecule has 0 radical (unpaired) electrons. The van der Waals surface area contributed by atoms with Crippen LogP contribution in [0.4, 0.5) is 5.69 Å². The van der Waals surface area contributed by atoms with Gasteiger partial charge < -0.3 is 10.2 Å². The molecule has 0 aliphatic carbocycles. The zero-order chi connectivity index (χ0) is 23.2.